The fourth-order valence-corrected chi connectivity index (χ4v) is 5.69. The molecule has 2 N–H and O–H groups in total. The van der Waals surface area contributed by atoms with Gasteiger partial charge in [0.1, 0.15) is 6.04 Å². The number of nitrogens with one attached hydrogen (secondary N) is 2. The van der Waals surface area contributed by atoms with Gasteiger partial charge in [-0.3, -0.25) is 9.59 Å². The van der Waals surface area contributed by atoms with Gasteiger partial charge in [0.2, 0.25) is 21.8 Å². The van der Waals surface area contributed by atoms with Crippen molar-refractivity contribution in [3.8, 4) is 0 Å². The van der Waals surface area contributed by atoms with Crippen LogP contribution in [0.3, 0.4) is 0 Å². The molecule has 1 saturated carbocycles. The number of nitrogens with zero attached hydrogens (tertiary/aromatic N) is 1. The highest BCUT2D eigenvalue weighted by atomic mass is 35.5. The summed E-state index contributed by atoms with van der Waals surface area (Å²) in [5.74, 6) is -0.493. The van der Waals surface area contributed by atoms with E-state index in [1.54, 1.807) is 54.3 Å². The fourth-order valence-electron chi connectivity index (χ4n) is 4.06. The number of carbonyl (C=O) groups is 2. The summed E-state index contributed by atoms with van der Waals surface area (Å²) in [5.41, 5.74) is 2.46. The van der Waals surface area contributed by atoms with Crippen molar-refractivity contribution in [1.82, 2.24) is 14.9 Å². The van der Waals surface area contributed by atoms with Crippen molar-refractivity contribution in [2.24, 2.45) is 0 Å². The van der Waals surface area contributed by atoms with Crippen molar-refractivity contribution in [3.05, 3.63) is 99.5 Å². The predicted octanol–water partition coefficient (Wildman–Crippen LogP) is 5.10. The number of benzene rings is 3. The lowest BCUT2D eigenvalue weighted by Gasteiger charge is -2.29. The van der Waals surface area contributed by atoms with Crippen LogP contribution < -0.4 is 10.0 Å². The summed E-state index contributed by atoms with van der Waals surface area (Å²) in [4.78, 5) is 28.2. The van der Waals surface area contributed by atoms with Crippen LogP contribution in [0.25, 0.3) is 0 Å². The Labute approximate surface area is 239 Å². The van der Waals surface area contributed by atoms with Gasteiger partial charge in [-0.15, -0.1) is 0 Å². The Bertz CT molecular complexity index is 1410. The third kappa shape index (κ3) is 8.29. The summed E-state index contributed by atoms with van der Waals surface area (Å²) in [7, 11) is -3.53. The van der Waals surface area contributed by atoms with E-state index in [1.165, 1.54) is 0 Å². The second-order valence-corrected chi connectivity index (χ2v) is 12.2. The summed E-state index contributed by atoms with van der Waals surface area (Å²) < 4.78 is 27.5. The zero-order chi connectivity index (χ0) is 28.0. The van der Waals surface area contributed by atoms with Gasteiger partial charge in [0.15, 0.2) is 0 Å². The number of amides is 2. The first-order chi connectivity index (χ1) is 18.6. The molecule has 0 aromatic heterocycles. The summed E-state index contributed by atoms with van der Waals surface area (Å²) in [5, 5.41) is 4.02. The Morgan fingerprint density at radius 1 is 0.949 bits per heavy atom. The van der Waals surface area contributed by atoms with Crippen LogP contribution in [0.1, 0.15) is 42.9 Å². The molecule has 3 aromatic rings. The van der Waals surface area contributed by atoms with E-state index in [2.05, 4.69) is 10.0 Å². The highest BCUT2D eigenvalue weighted by molar-refractivity contribution is 7.89. The van der Waals surface area contributed by atoms with Crippen LogP contribution in [0.2, 0.25) is 10.0 Å². The largest absolute Gasteiger partial charge is 0.350 e. The smallest absolute Gasteiger partial charge is 0.242 e. The number of hydrogen-bond donors (Lipinski definition) is 2. The number of sulfonamides is 1. The first-order valence-electron chi connectivity index (χ1n) is 12.8. The molecule has 0 saturated heterocycles. The van der Waals surface area contributed by atoms with Crippen LogP contribution in [0.5, 0.6) is 0 Å². The van der Waals surface area contributed by atoms with Gasteiger partial charge in [-0.2, -0.15) is 0 Å². The SMILES string of the molecule is CC(C(=O)NCc1ccccc1Cl)N(Cc1ccc(Cl)cc1)C(=O)CCc1ccc(S(=O)(=O)NC2CC2)cc1. The number of halogens is 2. The molecule has 2 amide bonds. The van der Waals surface area contributed by atoms with Crippen LogP contribution >= 0.6 is 23.2 Å². The summed E-state index contributed by atoms with van der Waals surface area (Å²) in [6.45, 7) is 2.18. The Balaban J connectivity index is 1.42. The number of carbonyl (C=O) groups excluding carboxylic acids is 2. The van der Waals surface area contributed by atoms with Crippen LogP contribution in [0.4, 0.5) is 0 Å². The minimum atomic E-state index is -3.53. The third-order valence-corrected chi connectivity index (χ3v) is 8.76. The molecule has 1 unspecified atom stereocenters. The summed E-state index contributed by atoms with van der Waals surface area (Å²) in [6, 6.07) is 20.2. The molecule has 4 rings (SSSR count). The van der Waals surface area contributed by atoms with Crippen LogP contribution in [0.15, 0.2) is 77.7 Å². The second kappa shape index (κ2) is 13.0. The number of hydrogen-bond acceptors (Lipinski definition) is 4. The van der Waals surface area contributed by atoms with Gasteiger partial charge in [0, 0.05) is 35.6 Å². The fraction of sp³-hybridized carbons (Fsp3) is 0.310. The van der Waals surface area contributed by atoms with Gasteiger partial charge in [-0.25, -0.2) is 13.1 Å². The standard InChI is InChI=1S/C29H31Cl2N3O4S/c1-20(29(36)32-18-23-4-2-3-5-27(23)31)34(19-22-6-11-24(30)12-7-22)28(35)17-10-21-8-15-26(16-9-21)39(37,38)33-25-13-14-25/h2-9,11-12,15-16,20,25,33H,10,13-14,17-19H2,1H3,(H,32,36). The molecule has 1 atom stereocenters. The van der Waals surface area contributed by atoms with Crippen molar-refractivity contribution in [2.75, 3.05) is 0 Å². The molecule has 0 bridgehead atoms. The van der Waals surface area contributed by atoms with E-state index in [0.29, 0.717) is 16.5 Å². The zero-order valence-electron chi connectivity index (χ0n) is 21.6. The van der Waals surface area contributed by atoms with Gasteiger partial charge in [-0.05, 0) is 73.2 Å². The maximum absolute atomic E-state index is 13.4. The van der Waals surface area contributed by atoms with Gasteiger partial charge >= 0.3 is 0 Å². The first kappa shape index (κ1) is 29.1. The van der Waals surface area contributed by atoms with E-state index in [-0.39, 0.29) is 42.3 Å². The minimum Gasteiger partial charge on any atom is -0.350 e. The molecule has 206 valence electrons. The highest BCUT2D eigenvalue weighted by Crippen LogP contribution is 2.23. The van der Waals surface area contributed by atoms with E-state index in [9.17, 15) is 18.0 Å². The molecular weight excluding hydrogens is 557 g/mol. The summed E-state index contributed by atoms with van der Waals surface area (Å²) in [6.07, 6.45) is 2.28. The minimum absolute atomic E-state index is 0.0304. The Hall–Kier alpha value is -2.91. The molecule has 10 heteroatoms. The maximum Gasteiger partial charge on any atom is 0.242 e. The van der Waals surface area contributed by atoms with E-state index in [0.717, 1.165) is 29.5 Å². The van der Waals surface area contributed by atoms with Crippen molar-refractivity contribution in [1.29, 1.82) is 0 Å². The van der Waals surface area contributed by atoms with Gasteiger partial charge < -0.3 is 10.2 Å². The average Bonchev–Trinajstić information content (AvgIpc) is 3.74. The zero-order valence-corrected chi connectivity index (χ0v) is 23.9. The predicted molar refractivity (Wildman–Crippen MR) is 153 cm³/mol. The van der Waals surface area contributed by atoms with Crippen molar-refractivity contribution < 1.29 is 18.0 Å². The topological polar surface area (TPSA) is 95.6 Å². The summed E-state index contributed by atoms with van der Waals surface area (Å²) >= 11 is 12.2. The van der Waals surface area contributed by atoms with Crippen molar-refractivity contribution in [2.45, 2.75) is 62.7 Å². The maximum atomic E-state index is 13.4. The van der Waals surface area contributed by atoms with Gasteiger partial charge in [-0.1, -0.05) is 65.7 Å². The lowest BCUT2D eigenvalue weighted by atomic mass is 10.1. The van der Waals surface area contributed by atoms with Gasteiger partial charge in [0.05, 0.1) is 4.90 Å². The lowest BCUT2D eigenvalue weighted by Crippen LogP contribution is -2.47. The van der Waals surface area contributed by atoms with E-state index in [1.807, 2.05) is 30.3 Å². The lowest BCUT2D eigenvalue weighted by molar-refractivity contribution is -0.140. The van der Waals surface area contributed by atoms with Crippen LogP contribution in [-0.4, -0.2) is 37.2 Å². The first-order valence-corrected chi connectivity index (χ1v) is 15.0. The number of rotatable bonds is 12. The second-order valence-electron chi connectivity index (χ2n) is 9.67. The Kier molecular flexibility index (Phi) is 9.67. The molecule has 1 aliphatic rings. The number of aryl methyl sites for hydroxylation is 1. The molecular formula is C29H31Cl2N3O4S. The third-order valence-electron chi connectivity index (χ3n) is 6.60. The van der Waals surface area contributed by atoms with Crippen molar-refractivity contribution >= 4 is 45.0 Å². The molecule has 39 heavy (non-hydrogen) atoms. The van der Waals surface area contributed by atoms with Crippen LogP contribution in [-0.2, 0) is 39.1 Å². The van der Waals surface area contributed by atoms with Crippen LogP contribution in [0, 0.1) is 0 Å². The molecule has 3 aromatic carbocycles. The quantitative estimate of drug-likeness (QED) is 0.308. The molecule has 0 spiro atoms. The molecule has 7 nitrogen and oxygen atoms in total. The monoisotopic (exact) mass is 587 g/mol. The molecule has 0 heterocycles. The van der Waals surface area contributed by atoms with E-state index < -0.39 is 16.1 Å². The molecule has 0 aliphatic heterocycles. The van der Waals surface area contributed by atoms with E-state index in [4.69, 9.17) is 23.2 Å². The molecule has 0 radical (unpaired) electrons. The highest BCUT2D eigenvalue weighted by Gasteiger charge is 2.28. The average molecular weight is 589 g/mol. The Morgan fingerprint density at radius 2 is 1.59 bits per heavy atom. The Morgan fingerprint density at radius 3 is 2.23 bits per heavy atom. The molecule has 1 aliphatic carbocycles. The van der Waals surface area contributed by atoms with E-state index >= 15 is 0 Å². The molecule has 1 fully saturated rings. The van der Waals surface area contributed by atoms with Gasteiger partial charge in [0.25, 0.3) is 0 Å². The van der Waals surface area contributed by atoms with Crippen molar-refractivity contribution in [3.63, 3.8) is 0 Å². The normalized spacial score (nSPS) is 14.0.